The van der Waals surface area contributed by atoms with Gasteiger partial charge in [0.25, 0.3) is 0 Å². The molecule has 2 fully saturated rings. The molecule has 0 spiro atoms. The van der Waals surface area contributed by atoms with Crippen LogP contribution in [0.2, 0.25) is 0 Å². The third kappa shape index (κ3) is 2.89. The minimum Gasteiger partial charge on any atom is -0.349 e. The van der Waals surface area contributed by atoms with Gasteiger partial charge in [0, 0.05) is 12.5 Å². The summed E-state index contributed by atoms with van der Waals surface area (Å²) < 4.78 is 0. The maximum absolute atomic E-state index is 12.0. The van der Waals surface area contributed by atoms with E-state index in [4.69, 9.17) is 5.73 Å². The molecular formula is C12H23ClN2O. The Kier molecular flexibility index (Phi) is 4.62. The van der Waals surface area contributed by atoms with Crippen molar-refractivity contribution in [3.8, 4) is 0 Å². The molecule has 2 aliphatic carbocycles. The van der Waals surface area contributed by atoms with Crippen LogP contribution >= 0.6 is 12.4 Å². The van der Waals surface area contributed by atoms with Gasteiger partial charge in [-0.2, -0.15) is 0 Å². The molecule has 0 aliphatic heterocycles. The molecule has 2 saturated carbocycles. The fraction of sp³-hybridized carbons (Fsp3) is 0.917. The number of hydrogen-bond donors (Lipinski definition) is 2. The average molecular weight is 247 g/mol. The first-order valence-electron chi connectivity index (χ1n) is 6.19. The summed E-state index contributed by atoms with van der Waals surface area (Å²) >= 11 is 0. The molecule has 0 saturated heterocycles. The van der Waals surface area contributed by atoms with Crippen molar-refractivity contribution in [2.45, 2.75) is 51.0 Å². The van der Waals surface area contributed by atoms with E-state index in [1.165, 1.54) is 25.7 Å². The van der Waals surface area contributed by atoms with Crippen molar-refractivity contribution < 1.29 is 4.79 Å². The highest BCUT2D eigenvalue weighted by molar-refractivity contribution is 5.85. The van der Waals surface area contributed by atoms with Crippen LogP contribution in [0.1, 0.15) is 45.4 Å². The second-order valence-corrected chi connectivity index (χ2v) is 5.31. The third-order valence-corrected chi connectivity index (χ3v) is 4.08. The molecule has 1 amide bonds. The van der Waals surface area contributed by atoms with Crippen molar-refractivity contribution in [3.05, 3.63) is 0 Å². The summed E-state index contributed by atoms with van der Waals surface area (Å²) in [4.78, 5) is 12.0. The van der Waals surface area contributed by atoms with Gasteiger partial charge in [-0.3, -0.25) is 4.79 Å². The first-order valence-corrected chi connectivity index (χ1v) is 6.19. The highest BCUT2D eigenvalue weighted by Crippen LogP contribution is 2.37. The number of hydrogen-bond acceptors (Lipinski definition) is 2. The van der Waals surface area contributed by atoms with Gasteiger partial charge in [-0.1, -0.05) is 19.8 Å². The van der Waals surface area contributed by atoms with Crippen molar-refractivity contribution in [2.24, 2.45) is 17.6 Å². The normalized spacial score (nSPS) is 24.6. The largest absolute Gasteiger partial charge is 0.349 e. The standard InChI is InChI=1S/C12H22N2O.ClH/c1-9(10-4-5-10)11(15)14-12(8-13)6-2-3-7-12;/h9-10H,2-8,13H2,1H3,(H,14,15);1H. The predicted molar refractivity (Wildman–Crippen MR) is 67.5 cm³/mol. The van der Waals surface area contributed by atoms with Gasteiger partial charge >= 0.3 is 0 Å². The Labute approximate surface area is 104 Å². The summed E-state index contributed by atoms with van der Waals surface area (Å²) in [6, 6.07) is 0. The summed E-state index contributed by atoms with van der Waals surface area (Å²) in [6.07, 6.45) is 6.98. The summed E-state index contributed by atoms with van der Waals surface area (Å²) in [5.41, 5.74) is 5.73. The van der Waals surface area contributed by atoms with Gasteiger partial charge in [0.2, 0.25) is 5.91 Å². The lowest BCUT2D eigenvalue weighted by Gasteiger charge is -2.30. The Balaban J connectivity index is 0.00000128. The van der Waals surface area contributed by atoms with E-state index in [9.17, 15) is 4.79 Å². The molecular weight excluding hydrogens is 224 g/mol. The molecule has 0 aromatic rings. The van der Waals surface area contributed by atoms with Crippen LogP contribution in [0, 0.1) is 11.8 Å². The second-order valence-electron chi connectivity index (χ2n) is 5.31. The van der Waals surface area contributed by atoms with Crippen LogP contribution in [0.5, 0.6) is 0 Å². The molecule has 3 N–H and O–H groups in total. The average Bonchev–Trinajstić information content (AvgIpc) is 2.99. The van der Waals surface area contributed by atoms with Crippen LogP contribution < -0.4 is 11.1 Å². The van der Waals surface area contributed by atoms with Crippen LogP contribution in [-0.2, 0) is 4.79 Å². The minimum atomic E-state index is -0.0692. The summed E-state index contributed by atoms with van der Waals surface area (Å²) in [5, 5.41) is 3.20. The first-order chi connectivity index (χ1) is 7.17. The molecule has 2 rings (SSSR count). The Bertz CT molecular complexity index is 247. The zero-order valence-electron chi connectivity index (χ0n) is 10.00. The van der Waals surface area contributed by atoms with Gasteiger partial charge in [-0.25, -0.2) is 0 Å². The maximum Gasteiger partial charge on any atom is 0.223 e. The number of rotatable bonds is 4. The Morgan fingerprint density at radius 3 is 2.44 bits per heavy atom. The van der Waals surface area contributed by atoms with E-state index in [1.807, 2.05) is 6.92 Å². The number of nitrogens with one attached hydrogen (secondary N) is 1. The fourth-order valence-corrected chi connectivity index (χ4v) is 2.62. The molecule has 1 unspecified atom stereocenters. The first kappa shape index (κ1) is 13.8. The van der Waals surface area contributed by atoms with Gasteiger partial charge in [0.05, 0.1) is 5.54 Å². The highest BCUT2D eigenvalue weighted by atomic mass is 35.5. The number of nitrogens with two attached hydrogens (primary N) is 1. The molecule has 2 aliphatic rings. The molecule has 0 radical (unpaired) electrons. The van der Waals surface area contributed by atoms with Crippen molar-refractivity contribution in [1.82, 2.24) is 5.32 Å². The summed E-state index contributed by atoms with van der Waals surface area (Å²) in [5.74, 6) is 1.06. The van der Waals surface area contributed by atoms with Crippen LogP contribution in [0.25, 0.3) is 0 Å². The highest BCUT2D eigenvalue weighted by Gasteiger charge is 2.38. The number of carbonyl (C=O) groups excluding carboxylic acids is 1. The Morgan fingerprint density at radius 1 is 1.44 bits per heavy atom. The van der Waals surface area contributed by atoms with E-state index in [-0.39, 0.29) is 29.8 Å². The molecule has 0 aromatic heterocycles. The summed E-state index contributed by atoms with van der Waals surface area (Å²) in [7, 11) is 0. The molecule has 1 atom stereocenters. The number of halogens is 1. The minimum absolute atomic E-state index is 0. The molecule has 4 heteroatoms. The van der Waals surface area contributed by atoms with Crippen molar-refractivity contribution >= 4 is 18.3 Å². The smallest absolute Gasteiger partial charge is 0.223 e. The molecule has 3 nitrogen and oxygen atoms in total. The van der Waals surface area contributed by atoms with Gasteiger partial charge in [0.15, 0.2) is 0 Å². The molecule has 94 valence electrons. The van der Waals surface area contributed by atoms with Gasteiger partial charge in [-0.05, 0) is 31.6 Å². The lowest BCUT2D eigenvalue weighted by molar-refractivity contribution is -0.127. The maximum atomic E-state index is 12.0. The topological polar surface area (TPSA) is 55.1 Å². The van der Waals surface area contributed by atoms with Crippen LogP contribution in [0.4, 0.5) is 0 Å². The van der Waals surface area contributed by atoms with E-state index in [1.54, 1.807) is 0 Å². The van der Waals surface area contributed by atoms with Crippen molar-refractivity contribution in [2.75, 3.05) is 6.54 Å². The van der Waals surface area contributed by atoms with Gasteiger partial charge < -0.3 is 11.1 Å². The second kappa shape index (κ2) is 5.37. The number of amides is 1. The zero-order chi connectivity index (χ0) is 10.9. The molecule has 0 aromatic carbocycles. The molecule has 16 heavy (non-hydrogen) atoms. The Morgan fingerprint density at radius 2 is 2.00 bits per heavy atom. The van der Waals surface area contributed by atoms with Gasteiger partial charge in [-0.15, -0.1) is 12.4 Å². The predicted octanol–water partition coefficient (Wildman–Crippen LogP) is 1.84. The lowest BCUT2D eigenvalue weighted by Crippen LogP contribution is -2.53. The fourth-order valence-electron chi connectivity index (χ4n) is 2.62. The molecule has 0 bridgehead atoms. The van der Waals surface area contributed by atoms with Crippen LogP contribution in [0.3, 0.4) is 0 Å². The van der Waals surface area contributed by atoms with Crippen molar-refractivity contribution in [1.29, 1.82) is 0 Å². The monoisotopic (exact) mass is 246 g/mol. The van der Waals surface area contributed by atoms with E-state index < -0.39 is 0 Å². The Hall–Kier alpha value is -0.280. The third-order valence-electron chi connectivity index (χ3n) is 4.08. The summed E-state index contributed by atoms with van der Waals surface area (Å²) in [6.45, 7) is 2.64. The molecule has 0 heterocycles. The number of carbonyl (C=O) groups is 1. The van der Waals surface area contributed by atoms with E-state index in [0.717, 1.165) is 12.8 Å². The zero-order valence-corrected chi connectivity index (χ0v) is 10.8. The quantitative estimate of drug-likeness (QED) is 0.796. The van der Waals surface area contributed by atoms with E-state index in [2.05, 4.69) is 5.32 Å². The van der Waals surface area contributed by atoms with Gasteiger partial charge in [0.1, 0.15) is 0 Å². The SMILES string of the molecule is CC(C(=O)NC1(CN)CCCC1)C1CC1.Cl. The van der Waals surface area contributed by atoms with E-state index >= 15 is 0 Å². The van der Waals surface area contributed by atoms with Crippen LogP contribution in [-0.4, -0.2) is 18.0 Å². The lowest BCUT2D eigenvalue weighted by atomic mass is 9.95. The van der Waals surface area contributed by atoms with Crippen LogP contribution in [0.15, 0.2) is 0 Å². The van der Waals surface area contributed by atoms with E-state index in [0.29, 0.717) is 12.5 Å². The van der Waals surface area contributed by atoms with Crippen molar-refractivity contribution in [3.63, 3.8) is 0 Å².